The Hall–Kier alpha value is -2.07. The van der Waals surface area contributed by atoms with Crippen molar-refractivity contribution in [3.8, 4) is 11.1 Å². The summed E-state index contributed by atoms with van der Waals surface area (Å²) < 4.78 is 0. The molecule has 0 fully saturated rings. The van der Waals surface area contributed by atoms with E-state index >= 15 is 0 Å². The highest BCUT2D eigenvalue weighted by Gasteiger charge is 2.13. The summed E-state index contributed by atoms with van der Waals surface area (Å²) in [5.41, 5.74) is 3.36. The van der Waals surface area contributed by atoms with Crippen molar-refractivity contribution in [2.45, 2.75) is 20.4 Å². The van der Waals surface area contributed by atoms with Crippen molar-refractivity contribution >= 4 is 22.8 Å². The molecule has 120 valence electrons. The van der Waals surface area contributed by atoms with Crippen LogP contribution in [0.3, 0.4) is 0 Å². The molecular weight excluding hydrogens is 306 g/mol. The monoisotopic (exact) mass is 327 g/mol. The van der Waals surface area contributed by atoms with Crippen LogP contribution in [0.1, 0.15) is 19.4 Å². The quantitative estimate of drug-likeness (QED) is 0.875. The molecule has 23 heavy (non-hydrogen) atoms. The van der Waals surface area contributed by atoms with Gasteiger partial charge in [0.15, 0.2) is 5.12 Å². The van der Waals surface area contributed by atoms with E-state index in [1.165, 1.54) is 18.7 Å². The van der Waals surface area contributed by atoms with Gasteiger partial charge in [-0.2, -0.15) is 0 Å². The largest absolute Gasteiger partial charge is 0.352 e. The maximum Gasteiger partial charge on any atom is 0.223 e. The Morgan fingerprint density at radius 3 is 2.43 bits per heavy atom. The molecule has 0 bridgehead atoms. The zero-order valence-electron chi connectivity index (χ0n) is 13.4. The molecule has 0 saturated carbocycles. The summed E-state index contributed by atoms with van der Waals surface area (Å²) in [6.07, 6.45) is 0. The number of carbonyl (C=O) groups excluding carboxylic acids is 2. The van der Waals surface area contributed by atoms with Crippen LogP contribution in [0.5, 0.6) is 0 Å². The van der Waals surface area contributed by atoms with Crippen LogP contribution in [0.2, 0.25) is 0 Å². The number of hydrogen-bond acceptors (Lipinski definition) is 3. The molecule has 2 rings (SSSR count). The predicted molar refractivity (Wildman–Crippen MR) is 96.0 cm³/mol. The molecule has 1 N–H and O–H groups in total. The van der Waals surface area contributed by atoms with Gasteiger partial charge in [-0.25, -0.2) is 0 Å². The van der Waals surface area contributed by atoms with Gasteiger partial charge in [-0.1, -0.05) is 67.2 Å². The van der Waals surface area contributed by atoms with Crippen LogP contribution in [-0.2, 0) is 16.1 Å². The Balaban J connectivity index is 1.93. The molecule has 0 radical (unpaired) electrons. The van der Waals surface area contributed by atoms with Crippen molar-refractivity contribution in [3.05, 3.63) is 60.2 Å². The maximum absolute atomic E-state index is 12.0. The minimum absolute atomic E-state index is 0.0242. The van der Waals surface area contributed by atoms with Crippen molar-refractivity contribution in [1.29, 1.82) is 0 Å². The molecule has 0 aliphatic heterocycles. The number of rotatable bonds is 6. The first-order chi connectivity index (χ1) is 11.1. The smallest absolute Gasteiger partial charge is 0.223 e. The number of benzene rings is 2. The predicted octanol–water partition coefficient (Wildman–Crippen LogP) is 3.89. The summed E-state index contributed by atoms with van der Waals surface area (Å²) in [4.78, 5) is 23.0. The topological polar surface area (TPSA) is 46.2 Å². The zero-order chi connectivity index (χ0) is 16.7. The van der Waals surface area contributed by atoms with Crippen LogP contribution >= 0.6 is 11.8 Å². The maximum atomic E-state index is 12.0. The second-order valence-electron chi connectivity index (χ2n) is 5.49. The van der Waals surface area contributed by atoms with E-state index in [0.717, 1.165) is 16.7 Å². The van der Waals surface area contributed by atoms with E-state index in [1.807, 2.05) is 37.3 Å². The molecule has 1 atom stereocenters. The molecule has 0 spiro atoms. The number of hydrogen-bond donors (Lipinski definition) is 1. The Morgan fingerprint density at radius 1 is 1.04 bits per heavy atom. The van der Waals surface area contributed by atoms with E-state index in [2.05, 4.69) is 29.6 Å². The second-order valence-corrected chi connectivity index (χ2v) is 6.68. The molecule has 1 amide bonds. The standard InChI is InChI=1S/C19H21NO2S/c1-14(13-23-15(2)21)19(22)20-12-16-7-6-10-18(11-16)17-8-4-3-5-9-17/h3-11,14H,12-13H2,1-2H3,(H,20,22)/t14-/m1/s1. The van der Waals surface area contributed by atoms with Crippen molar-refractivity contribution in [3.63, 3.8) is 0 Å². The van der Waals surface area contributed by atoms with E-state index < -0.39 is 0 Å². The van der Waals surface area contributed by atoms with E-state index in [0.29, 0.717) is 12.3 Å². The lowest BCUT2D eigenvalue weighted by molar-refractivity contribution is -0.124. The minimum Gasteiger partial charge on any atom is -0.352 e. The second kappa shape index (κ2) is 8.53. The van der Waals surface area contributed by atoms with Gasteiger partial charge in [0.25, 0.3) is 0 Å². The van der Waals surface area contributed by atoms with Crippen LogP contribution in [-0.4, -0.2) is 16.8 Å². The molecule has 0 aliphatic rings. The highest BCUT2D eigenvalue weighted by molar-refractivity contribution is 8.13. The Bertz CT molecular complexity index is 670. The summed E-state index contributed by atoms with van der Waals surface area (Å²) in [6.45, 7) is 3.85. The van der Waals surface area contributed by atoms with Crippen molar-refractivity contribution < 1.29 is 9.59 Å². The first-order valence-electron chi connectivity index (χ1n) is 7.61. The molecular formula is C19H21NO2S. The van der Waals surface area contributed by atoms with Crippen LogP contribution in [0, 0.1) is 5.92 Å². The fraction of sp³-hybridized carbons (Fsp3) is 0.263. The molecule has 2 aromatic carbocycles. The van der Waals surface area contributed by atoms with Gasteiger partial charge >= 0.3 is 0 Å². The minimum atomic E-state index is -0.179. The summed E-state index contributed by atoms with van der Waals surface area (Å²) in [7, 11) is 0. The van der Waals surface area contributed by atoms with Crippen LogP contribution in [0.4, 0.5) is 0 Å². The fourth-order valence-corrected chi connectivity index (χ4v) is 2.81. The molecule has 0 heterocycles. The van der Waals surface area contributed by atoms with E-state index in [4.69, 9.17) is 0 Å². The number of amides is 1. The van der Waals surface area contributed by atoms with Gasteiger partial charge in [-0.05, 0) is 22.8 Å². The van der Waals surface area contributed by atoms with Gasteiger partial charge in [-0.15, -0.1) is 0 Å². The Labute approximate surface area is 141 Å². The molecule has 0 unspecified atom stereocenters. The van der Waals surface area contributed by atoms with E-state index in [9.17, 15) is 9.59 Å². The lowest BCUT2D eigenvalue weighted by Crippen LogP contribution is -2.30. The average molecular weight is 327 g/mol. The summed E-state index contributed by atoms with van der Waals surface area (Å²) in [5, 5.41) is 2.98. The van der Waals surface area contributed by atoms with Gasteiger partial charge in [0.05, 0.1) is 0 Å². The highest BCUT2D eigenvalue weighted by atomic mass is 32.2. The lowest BCUT2D eigenvalue weighted by atomic mass is 10.0. The first kappa shape index (κ1) is 17.3. The van der Waals surface area contributed by atoms with Gasteiger partial charge in [0.2, 0.25) is 5.91 Å². The summed E-state index contributed by atoms with van der Waals surface area (Å²) in [6, 6.07) is 18.3. The van der Waals surface area contributed by atoms with Gasteiger partial charge < -0.3 is 5.32 Å². The zero-order valence-corrected chi connectivity index (χ0v) is 14.2. The highest BCUT2D eigenvalue weighted by Crippen LogP contribution is 2.20. The first-order valence-corrected chi connectivity index (χ1v) is 8.60. The molecule has 0 saturated heterocycles. The third kappa shape index (κ3) is 5.57. The molecule has 3 nitrogen and oxygen atoms in total. The Morgan fingerprint density at radius 2 is 1.74 bits per heavy atom. The van der Waals surface area contributed by atoms with Gasteiger partial charge in [0, 0.05) is 25.1 Å². The molecule has 0 aromatic heterocycles. The van der Waals surface area contributed by atoms with E-state index in [1.54, 1.807) is 0 Å². The van der Waals surface area contributed by atoms with Crippen molar-refractivity contribution in [2.24, 2.45) is 5.92 Å². The third-order valence-corrected chi connectivity index (χ3v) is 4.56. The Kier molecular flexibility index (Phi) is 6.41. The molecule has 4 heteroatoms. The summed E-state index contributed by atoms with van der Waals surface area (Å²) in [5.74, 6) is 0.315. The fourth-order valence-electron chi connectivity index (χ4n) is 2.17. The SMILES string of the molecule is CC(=O)SC[C@@H](C)C(=O)NCc1cccc(-c2ccccc2)c1. The van der Waals surface area contributed by atoms with Gasteiger partial charge in [0.1, 0.15) is 0 Å². The van der Waals surface area contributed by atoms with Crippen molar-refractivity contribution in [2.75, 3.05) is 5.75 Å². The van der Waals surface area contributed by atoms with Crippen LogP contribution in [0.25, 0.3) is 11.1 Å². The lowest BCUT2D eigenvalue weighted by Gasteiger charge is -2.12. The average Bonchev–Trinajstić information content (AvgIpc) is 2.58. The third-order valence-electron chi connectivity index (χ3n) is 3.49. The van der Waals surface area contributed by atoms with Crippen LogP contribution in [0.15, 0.2) is 54.6 Å². The molecule has 0 aliphatic carbocycles. The van der Waals surface area contributed by atoms with Crippen LogP contribution < -0.4 is 5.32 Å². The molecule has 2 aromatic rings. The number of nitrogens with one attached hydrogen (secondary N) is 1. The summed E-state index contributed by atoms with van der Waals surface area (Å²) >= 11 is 1.19. The normalized spacial score (nSPS) is 11.7. The van der Waals surface area contributed by atoms with E-state index in [-0.39, 0.29) is 16.9 Å². The number of carbonyl (C=O) groups is 2. The number of thioether (sulfide) groups is 1. The van der Waals surface area contributed by atoms with Crippen molar-refractivity contribution in [1.82, 2.24) is 5.32 Å². The van der Waals surface area contributed by atoms with Gasteiger partial charge in [-0.3, -0.25) is 9.59 Å².